The van der Waals surface area contributed by atoms with Crippen molar-refractivity contribution in [2.45, 2.75) is 6.92 Å². The first-order valence-corrected chi connectivity index (χ1v) is 6.70. The number of rotatable bonds is 2. The Labute approximate surface area is 122 Å². The molecular weight excluding hydrogens is 270 g/mol. The topological polar surface area (TPSA) is 30.0 Å². The van der Waals surface area contributed by atoms with Crippen LogP contribution in [-0.2, 0) is 0 Å². The van der Waals surface area contributed by atoms with E-state index in [1.807, 2.05) is 43.3 Å². The molecule has 3 rings (SSSR count). The lowest BCUT2D eigenvalue weighted by Crippen LogP contribution is -2.04. The largest absolute Gasteiger partial charge is 0.288 e. The number of benzene rings is 2. The number of ketones is 1. The molecule has 0 fully saturated rings. The van der Waals surface area contributed by atoms with E-state index in [2.05, 4.69) is 4.98 Å². The number of hydrogen-bond acceptors (Lipinski definition) is 2. The van der Waals surface area contributed by atoms with Crippen LogP contribution in [0.4, 0.5) is 0 Å². The van der Waals surface area contributed by atoms with Gasteiger partial charge in [0.2, 0.25) is 0 Å². The first-order valence-electron chi connectivity index (χ1n) is 6.32. The Balaban J connectivity index is 2.21. The van der Waals surface area contributed by atoms with Gasteiger partial charge in [0.15, 0.2) is 5.78 Å². The summed E-state index contributed by atoms with van der Waals surface area (Å²) in [5.41, 5.74) is 2.70. The van der Waals surface area contributed by atoms with Gasteiger partial charge < -0.3 is 0 Å². The molecule has 0 radical (unpaired) electrons. The average molecular weight is 282 g/mol. The van der Waals surface area contributed by atoms with E-state index in [9.17, 15) is 4.79 Å². The summed E-state index contributed by atoms with van der Waals surface area (Å²) in [5, 5.41) is 1.45. The van der Waals surface area contributed by atoms with E-state index in [4.69, 9.17) is 11.6 Å². The quantitative estimate of drug-likeness (QED) is 0.651. The minimum absolute atomic E-state index is 0.0944. The molecule has 0 atom stereocenters. The lowest BCUT2D eigenvalue weighted by Gasteiger charge is -2.08. The van der Waals surface area contributed by atoms with Crippen LogP contribution in [0.15, 0.2) is 54.7 Å². The second-order valence-electron chi connectivity index (χ2n) is 4.65. The van der Waals surface area contributed by atoms with Gasteiger partial charge in [0.05, 0.1) is 10.5 Å². The van der Waals surface area contributed by atoms with Crippen LogP contribution in [0.3, 0.4) is 0 Å². The second kappa shape index (κ2) is 5.06. The number of aromatic nitrogens is 1. The molecule has 2 aromatic carbocycles. The number of pyridine rings is 1. The highest BCUT2D eigenvalue weighted by Crippen LogP contribution is 2.25. The van der Waals surface area contributed by atoms with Gasteiger partial charge in [0.25, 0.3) is 0 Å². The van der Waals surface area contributed by atoms with Crippen LogP contribution in [-0.4, -0.2) is 10.8 Å². The van der Waals surface area contributed by atoms with Crippen molar-refractivity contribution in [3.8, 4) is 0 Å². The third-order valence-corrected chi connectivity index (χ3v) is 3.82. The van der Waals surface area contributed by atoms with E-state index in [0.29, 0.717) is 21.7 Å². The van der Waals surface area contributed by atoms with Gasteiger partial charge in [0.1, 0.15) is 0 Å². The Morgan fingerprint density at radius 1 is 1.00 bits per heavy atom. The summed E-state index contributed by atoms with van der Waals surface area (Å²) in [6.07, 6.45) is 1.69. The maximum Gasteiger partial charge on any atom is 0.196 e. The van der Waals surface area contributed by atoms with Gasteiger partial charge in [0, 0.05) is 22.7 Å². The van der Waals surface area contributed by atoms with Gasteiger partial charge in [-0.1, -0.05) is 41.9 Å². The van der Waals surface area contributed by atoms with Crippen molar-refractivity contribution in [1.29, 1.82) is 0 Å². The third-order valence-electron chi connectivity index (χ3n) is 3.31. The zero-order valence-corrected chi connectivity index (χ0v) is 11.7. The maximum atomic E-state index is 12.7. The number of fused-ring (bicyclic) bond motifs is 1. The Bertz CT molecular complexity index is 806. The normalized spacial score (nSPS) is 10.7. The molecule has 3 aromatic rings. The molecule has 0 N–H and O–H groups in total. The Morgan fingerprint density at radius 2 is 1.70 bits per heavy atom. The fraction of sp³-hybridized carbons (Fsp3) is 0.0588. The fourth-order valence-electron chi connectivity index (χ4n) is 2.26. The molecule has 0 unspecified atom stereocenters. The zero-order valence-electron chi connectivity index (χ0n) is 10.9. The van der Waals surface area contributed by atoms with E-state index >= 15 is 0 Å². The summed E-state index contributed by atoms with van der Waals surface area (Å²) in [5.74, 6) is -0.0944. The highest BCUT2D eigenvalue weighted by atomic mass is 35.5. The highest BCUT2D eigenvalue weighted by molar-refractivity contribution is 6.36. The molecule has 0 bridgehead atoms. The van der Waals surface area contributed by atoms with Crippen LogP contribution in [0.25, 0.3) is 10.9 Å². The summed E-state index contributed by atoms with van der Waals surface area (Å²) < 4.78 is 0. The number of hydrogen-bond donors (Lipinski definition) is 0. The molecule has 0 saturated heterocycles. The predicted molar refractivity (Wildman–Crippen MR) is 81.4 cm³/mol. The number of aryl methyl sites for hydroxylation is 1. The van der Waals surface area contributed by atoms with E-state index in [1.165, 1.54) is 0 Å². The van der Waals surface area contributed by atoms with Crippen LogP contribution in [0.2, 0.25) is 5.02 Å². The van der Waals surface area contributed by atoms with E-state index in [-0.39, 0.29) is 5.78 Å². The highest BCUT2D eigenvalue weighted by Gasteiger charge is 2.16. The van der Waals surface area contributed by atoms with Crippen LogP contribution >= 0.6 is 11.6 Å². The van der Waals surface area contributed by atoms with Crippen molar-refractivity contribution in [3.05, 3.63) is 76.4 Å². The first kappa shape index (κ1) is 12.8. The molecular formula is C17H12ClNO. The Hall–Kier alpha value is -2.19. The first-order chi connectivity index (χ1) is 9.68. The molecule has 1 heterocycles. The van der Waals surface area contributed by atoms with E-state index in [1.54, 1.807) is 18.3 Å². The number of para-hydroxylation sites is 1. The van der Waals surface area contributed by atoms with Gasteiger partial charge >= 0.3 is 0 Å². The minimum Gasteiger partial charge on any atom is -0.288 e. The summed E-state index contributed by atoms with van der Waals surface area (Å²) in [7, 11) is 0. The molecule has 0 spiro atoms. The minimum atomic E-state index is -0.0944. The Kier molecular flexibility index (Phi) is 3.25. The van der Waals surface area contributed by atoms with E-state index in [0.717, 1.165) is 10.9 Å². The second-order valence-corrected chi connectivity index (χ2v) is 5.02. The molecule has 0 aliphatic rings. The van der Waals surface area contributed by atoms with Crippen molar-refractivity contribution in [3.63, 3.8) is 0 Å². The smallest absolute Gasteiger partial charge is 0.196 e. The molecule has 2 nitrogen and oxygen atoms in total. The number of nitrogens with zero attached hydrogens (tertiary/aromatic N) is 1. The SMILES string of the molecule is Cc1cccc(C(=O)c2cccc3cccnc23)c1Cl. The van der Waals surface area contributed by atoms with Gasteiger partial charge in [-0.25, -0.2) is 0 Å². The van der Waals surface area contributed by atoms with Crippen molar-refractivity contribution < 1.29 is 4.79 Å². The van der Waals surface area contributed by atoms with Crippen LogP contribution < -0.4 is 0 Å². The fourth-order valence-corrected chi connectivity index (χ4v) is 2.47. The lowest BCUT2D eigenvalue weighted by atomic mass is 9.99. The molecule has 0 aliphatic carbocycles. The molecule has 20 heavy (non-hydrogen) atoms. The van der Waals surface area contributed by atoms with Crippen molar-refractivity contribution in [2.24, 2.45) is 0 Å². The van der Waals surface area contributed by atoms with Crippen LogP contribution in [0.5, 0.6) is 0 Å². The van der Waals surface area contributed by atoms with Crippen molar-refractivity contribution >= 4 is 28.3 Å². The maximum absolute atomic E-state index is 12.7. The summed E-state index contributed by atoms with van der Waals surface area (Å²) in [6, 6.07) is 14.9. The summed E-state index contributed by atoms with van der Waals surface area (Å²) in [4.78, 5) is 17.0. The average Bonchev–Trinajstić information content (AvgIpc) is 2.49. The lowest BCUT2D eigenvalue weighted by molar-refractivity contribution is 0.104. The van der Waals surface area contributed by atoms with Crippen LogP contribution in [0.1, 0.15) is 21.5 Å². The molecule has 0 aliphatic heterocycles. The molecule has 98 valence electrons. The summed E-state index contributed by atoms with van der Waals surface area (Å²) in [6.45, 7) is 1.89. The summed E-state index contributed by atoms with van der Waals surface area (Å²) >= 11 is 6.25. The van der Waals surface area contributed by atoms with Gasteiger partial charge in [-0.3, -0.25) is 9.78 Å². The monoisotopic (exact) mass is 281 g/mol. The van der Waals surface area contributed by atoms with Gasteiger partial charge in [-0.15, -0.1) is 0 Å². The third kappa shape index (κ3) is 2.08. The van der Waals surface area contributed by atoms with Gasteiger partial charge in [-0.05, 0) is 30.7 Å². The van der Waals surface area contributed by atoms with Crippen molar-refractivity contribution in [1.82, 2.24) is 4.98 Å². The molecule has 0 saturated carbocycles. The van der Waals surface area contributed by atoms with Crippen LogP contribution in [0, 0.1) is 6.92 Å². The molecule has 1 aromatic heterocycles. The number of halogens is 1. The zero-order chi connectivity index (χ0) is 14.1. The molecule has 0 amide bonds. The standard InChI is InChI=1S/C17H12ClNO/c1-11-5-2-8-13(15(11)18)17(20)14-9-3-6-12-7-4-10-19-16(12)14/h2-10H,1H3. The number of carbonyl (C=O) groups excluding carboxylic acids is 1. The van der Waals surface area contributed by atoms with Gasteiger partial charge in [-0.2, -0.15) is 0 Å². The Morgan fingerprint density at radius 3 is 2.55 bits per heavy atom. The molecule has 3 heteroatoms. The predicted octanol–water partition coefficient (Wildman–Crippen LogP) is 4.43. The van der Waals surface area contributed by atoms with E-state index < -0.39 is 0 Å². The number of carbonyl (C=O) groups is 1. The van der Waals surface area contributed by atoms with Crippen molar-refractivity contribution in [2.75, 3.05) is 0 Å².